The summed E-state index contributed by atoms with van der Waals surface area (Å²) in [5.41, 5.74) is 0.348. The van der Waals surface area contributed by atoms with Crippen molar-refractivity contribution >= 4 is 5.91 Å². The van der Waals surface area contributed by atoms with Crippen LogP contribution in [0.2, 0.25) is 0 Å². The van der Waals surface area contributed by atoms with Crippen molar-refractivity contribution in [1.29, 1.82) is 0 Å². The van der Waals surface area contributed by atoms with E-state index in [1.807, 2.05) is 0 Å². The van der Waals surface area contributed by atoms with Crippen LogP contribution in [0.1, 0.15) is 25.0 Å². The molecule has 2 aromatic rings. The molecule has 0 spiro atoms. The van der Waals surface area contributed by atoms with Gasteiger partial charge in [0, 0.05) is 0 Å². The summed E-state index contributed by atoms with van der Waals surface area (Å²) in [7, 11) is 0. The number of aliphatic hydroxyl groups is 1. The van der Waals surface area contributed by atoms with Crippen LogP contribution in [-0.4, -0.2) is 23.7 Å². The molecule has 0 aliphatic carbocycles. The van der Waals surface area contributed by atoms with Crippen molar-refractivity contribution in [3.63, 3.8) is 0 Å². The van der Waals surface area contributed by atoms with Crippen molar-refractivity contribution in [1.82, 2.24) is 5.32 Å². The summed E-state index contributed by atoms with van der Waals surface area (Å²) in [4.78, 5) is 11.8. The predicted molar refractivity (Wildman–Crippen MR) is 85.5 cm³/mol. The van der Waals surface area contributed by atoms with E-state index in [9.17, 15) is 18.7 Å². The number of halogens is 2. The minimum absolute atomic E-state index is 0.174. The normalized spacial score (nSPS) is 13.2. The molecule has 0 aromatic heterocycles. The van der Waals surface area contributed by atoms with Crippen LogP contribution in [0, 0.1) is 11.6 Å². The monoisotopic (exact) mass is 335 g/mol. The molecule has 2 N–H and O–H groups in total. The summed E-state index contributed by atoms with van der Waals surface area (Å²) in [5.74, 6) is -0.692. The fourth-order valence-electron chi connectivity index (χ4n) is 2.12. The number of carbonyl (C=O) groups is 1. The zero-order valence-electron chi connectivity index (χ0n) is 13.2. The van der Waals surface area contributed by atoms with Gasteiger partial charge < -0.3 is 15.2 Å². The highest BCUT2D eigenvalue weighted by Gasteiger charge is 2.14. The minimum Gasteiger partial charge on any atom is -0.489 e. The van der Waals surface area contributed by atoms with Gasteiger partial charge in [-0.3, -0.25) is 4.79 Å². The van der Waals surface area contributed by atoms with E-state index in [1.165, 1.54) is 42.5 Å². The molecule has 2 atom stereocenters. The summed E-state index contributed by atoms with van der Waals surface area (Å²) >= 11 is 0. The van der Waals surface area contributed by atoms with Gasteiger partial charge in [-0.2, -0.15) is 0 Å². The van der Waals surface area contributed by atoms with E-state index in [1.54, 1.807) is 13.0 Å². The molecule has 0 aliphatic rings. The maximum Gasteiger partial charge on any atom is 0.223 e. The van der Waals surface area contributed by atoms with Gasteiger partial charge in [-0.05, 0) is 48.9 Å². The van der Waals surface area contributed by atoms with Gasteiger partial charge in [0.1, 0.15) is 23.5 Å². The quantitative estimate of drug-likeness (QED) is 0.818. The molecule has 0 heterocycles. The smallest absolute Gasteiger partial charge is 0.223 e. The van der Waals surface area contributed by atoms with Crippen LogP contribution in [0.5, 0.6) is 5.75 Å². The van der Waals surface area contributed by atoms with Crippen LogP contribution in [0.15, 0.2) is 48.5 Å². The van der Waals surface area contributed by atoms with E-state index in [0.717, 1.165) is 0 Å². The Bertz CT molecular complexity index is 676. The van der Waals surface area contributed by atoms with Crippen molar-refractivity contribution < 1.29 is 23.4 Å². The molecular formula is C18H19F2NO3. The zero-order valence-corrected chi connectivity index (χ0v) is 13.2. The minimum atomic E-state index is -1.07. The lowest BCUT2D eigenvalue weighted by molar-refractivity contribution is -0.123. The number of ether oxygens (including phenoxy) is 1. The predicted octanol–water partition coefficient (Wildman–Crippen LogP) is 2.97. The first-order chi connectivity index (χ1) is 11.4. The number of rotatable bonds is 7. The molecule has 0 radical (unpaired) electrons. The molecule has 2 unspecified atom stereocenters. The molecule has 24 heavy (non-hydrogen) atoms. The van der Waals surface area contributed by atoms with E-state index >= 15 is 0 Å². The van der Waals surface area contributed by atoms with E-state index in [2.05, 4.69) is 5.32 Å². The first kappa shape index (κ1) is 17.9. The summed E-state index contributed by atoms with van der Waals surface area (Å²) in [6.45, 7) is 1.98. The average molecular weight is 335 g/mol. The molecule has 2 rings (SSSR count). The van der Waals surface area contributed by atoms with Gasteiger partial charge in [0.05, 0.1) is 19.1 Å². The number of carbonyl (C=O) groups excluding carboxylic acids is 1. The van der Waals surface area contributed by atoms with Crippen LogP contribution in [0.3, 0.4) is 0 Å². The van der Waals surface area contributed by atoms with Crippen LogP contribution < -0.4 is 10.1 Å². The van der Waals surface area contributed by atoms with Crippen molar-refractivity contribution in [2.45, 2.75) is 25.6 Å². The van der Waals surface area contributed by atoms with Gasteiger partial charge in [0.2, 0.25) is 5.91 Å². The summed E-state index contributed by atoms with van der Waals surface area (Å²) < 4.78 is 31.4. The second-order valence-electron chi connectivity index (χ2n) is 5.46. The molecule has 1 amide bonds. The molecular weight excluding hydrogens is 316 g/mol. The summed E-state index contributed by atoms with van der Waals surface area (Å²) in [6.07, 6.45) is -1.58. The summed E-state index contributed by atoms with van der Waals surface area (Å²) in [5, 5.41) is 12.6. The highest BCUT2D eigenvalue weighted by molar-refractivity contribution is 5.76. The number of amides is 1. The maximum atomic E-state index is 13.1. The number of benzene rings is 2. The lowest BCUT2D eigenvalue weighted by atomic mass is 10.1. The molecule has 0 aliphatic heterocycles. The largest absolute Gasteiger partial charge is 0.489 e. The Morgan fingerprint density at radius 1 is 1.17 bits per heavy atom. The maximum absolute atomic E-state index is 13.1. The molecule has 0 saturated heterocycles. The van der Waals surface area contributed by atoms with E-state index in [0.29, 0.717) is 11.3 Å². The van der Waals surface area contributed by atoms with E-state index < -0.39 is 11.9 Å². The van der Waals surface area contributed by atoms with Gasteiger partial charge in [0.25, 0.3) is 0 Å². The third-order valence-electron chi connectivity index (χ3n) is 3.35. The standard InChI is InChI=1S/C18H19F2NO3/c1-12(24-16-7-5-14(19)6-8-16)11-21-18(23)10-17(22)13-3-2-4-15(20)9-13/h2-9,12,17,22H,10-11H2,1H3,(H,21,23). The fraction of sp³-hybridized carbons (Fsp3) is 0.278. The van der Waals surface area contributed by atoms with Gasteiger partial charge in [-0.1, -0.05) is 12.1 Å². The summed E-state index contributed by atoms with van der Waals surface area (Å²) in [6, 6.07) is 11.1. The third-order valence-corrected chi connectivity index (χ3v) is 3.35. The zero-order chi connectivity index (χ0) is 17.5. The second kappa shape index (κ2) is 8.40. The van der Waals surface area contributed by atoms with Crippen molar-refractivity contribution in [3.05, 3.63) is 65.7 Å². The fourth-order valence-corrected chi connectivity index (χ4v) is 2.12. The van der Waals surface area contributed by atoms with Crippen molar-refractivity contribution in [2.75, 3.05) is 6.54 Å². The van der Waals surface area contributed by atoms with Gasteiger partial charge in [0.15, 0.2) is 0 Å². The first-order valence-electron chi connectivity index (χ1n) is 7.56. The molecule has 6 heteroatoms. The van der Waals surface area contributed by atoms with Crippen molar-refractivity contribution in [2.24, 2.45) is 0 Å². The first-order valence-corrected chi connectivity index (χ1v) is 7.56. The lowest BCUT2D eigenvalue weighted by Gasteiger charge is -2.16. The highest BCUT2D eigenvalue weighted by Crippen LogP contribution is 2.17. The van der Waals surface area contributed by atoms with E-state index in [4.69, 9.17) is 4.74 Å². The Kier molecular flexibility index (Phi) is 6.26. The Hall–Kier alpha value is -2.47. The topological polar surface area (TPSA) is 58.6 Å². The molecule has 0 saturated carbocycles. The van der Waals surface area contributed by atoms with Gasteiger partial charge in [-0.25, -0.2) is 8.78 Å². The van der Waals surface area contributed by atoms with E-state index in [-0.39, 0.29) is 30.8 Å². The SMILES string of the molecule is CC(CNC(=O)CC(O)c1cccc(F)c1)Oc1ccc(F)cc1. The average Bonchev–Trinajstić information content (AvgIpc) is 2.55. The lowest BCUT2D eigenvalue weighted by Crippen LogP contribution is -2.34. The second-order valence-corrected chi connectivity index (χ2v) is 5.46. The molecule has 0 bridgehead atoms. The Morgan fingerprint density at radius 3 is 2.54 bits per heavy atom. The van der Waals surface area contributed by atoms with Crippen LogP contribution in [0.25, 0.3) is 0 Å². The molecule has 0 fully saturated rings. The third kappa shape index (κ3) is 5.62. The Balaban J connectivity index is 1.76. The number of aliphatic hydroxyl groups excluding tert-OH is 1. The number of hydrogen-bond donors (Lipinski definition) is 2. The number of nitrogens with one attached hydrogen (secondary N) is 1. The van der Waals surface area contributed by atoms with Crippen LogP contribution in [0.4, 0.5) is 8.78 Å². The van der Waals surface area contributed by atoms with Crippen LogP contribution >= 0.6 is 0 Å². The van der Waals surface area contributed by atoms with Gasteiger partial charge >= 0.3 is 0 Å². The molecule has 4 nitrogen and oxygen atoms in total. The highest BCUT2D eigenvalue weighted by atomic mass is 19.1. The molecule has 128 valence electrons. The van der Waals surface area contributed by atoms with Crippen LogP contribution in [-0.2, 0) is 4.79 Å². The molecule has 2 aromatic carbocycles. The van der Waals surface area contributed by atoms with Gasteiger partial charge in [-0.15, -0.1) is 0 Å². The Morgan fingerprint density at radius 2 is 1.88 bits per heavy atom. The number of hydrogen-bond acceptors (Lipinski definition) is 3. The Labute approximate surface area is 139 Å². The van der Waals surface area contributed by atoms with Crippen molar-refractivity contribution in [3.8, 4) is 5.75 Å².